The monoisotopic (exact) mass is 323 g/mol. The summed E-state index contributed by atoms with van der Waals surface area (Å²) in [7, 11) is 1.80. The summed E-state index contributed by atoms with van der Waals surface area (Å²) < 4.78 is 6.50. The molecule has 1 unspecified atom stereocenters. The highest BCUT2D eigenvalue weighted by Gasteiger charge is 2.42. The Morgan fingerprint density at radius 2 is 2.26 bits per heavy atom. The molecule has 1 aromatic carbocycles. The summed E-state index contributed by atoms with van der Waals surface area (Å²) in [6.07, 6.45) is 6.36. The Bertz CT molecular complexity index is 456. The van der Waals surface area contributed by atoms with Gasteiger partial charge in [0.05, 0.1) is 0 Å². The van der Waals surface area contributed by atoms with Gasteiger partial charge in [0.1, 0.15) is 0 Å². The largest absolute Gasteiger partial charge is 0.385 e. The van der Waals surface area contributed by atoms with Crippen LogP contribution in [-0.2, 0) is 11.2 Å². The highest BCUT2D eigenvalue weighted by molar-refractivity contribution is 9.10. The second-order valence-electron chi connectivity index (χ2n) is 6.02. The smallest absolute Gasteiger partial charge is 0.0468 e. The highest BCUT2D eigenvalue weighted by atomic mass is 79.9. The predicted octanol–water partition coefficient (Wildman–Crippen LogP) is 3.84. The second-order valence-corrected chi connectivity index (χ2v) is 6.88. The van der Waals surface area contributed by atoms with Gasteiger partial charge in [0.25, 0.3) is 0 Å². The molecule has 0 bridgehead atoms. The van der Waals surface area contributed by atoms with Gasteiger partial charge in [0.2, 0.25) is 0 Å². The van der Waals surface area contributed by atoms with Crippen LogP contribution in [0.15, 0.2) is 22.7 Å². The van der Waals surface area contributed by atoms with Crippen LogP contribution in [0.25, 0.3) is 0 Å². The van der Waals surface area contributed by atoms with Crippen molar-refractivity contribution < 1.29 is 4.74 Å². The van der Waals surface area contributed by atoms with Crippen LogP contribution in [0.4, 0.5) is 0 Å². The Balaban J connectivity index is 1.60. The molecule has 0 aromatic heterocycles. The van der Waals surface area contributed by atoms with Crippen molar-refractivity contribution in [3.8, 4) is 0 Å². The number of halogens is 1. The lowest BCUT2D eigenvalue weighted by molar-refractivity contribution is 0.170. The summed E-state index contributed by atoms with van der Waals surface area (Å²) in [5.74, 6) is 0. The van der Waals surface area contributed by atoms with E-state index in [4.69, 9.17) is 4.74 Å². The number of rotatable bonds is 6. The lowest BCUT2D eigenvalue weighted by atomic mass is 10.0. The van der Waals surface area contributed by atoms with E-state index >= 15 is 0 Å². The summed E-state index contributed by atoms with van der Waals surface area (Å²) in [5.41, 5.74) is 3.53. The first-order valence-electron chi connectivity index (χ1n) is 7.24. The van der Waals surface area contributed by atoms with Gasteiger partial charge in [-0.2, -0.15) is 0 Å². The molecule has 3 heteroatoms. The molecule has 1 atom stereocenters. The van der Waals surface area contributed by atoms with E-state index in [-0.39, 0.29) is 0 Å². The molecule has 1 aromatic rings. The maximum Gasteiger partial charge on any atom is 0.0468 e. The summed E-state index contributed by atoms with van der Waals surface area (Å²) in [4.78, 5) is 0. The minimum atomic E-state index is 0.533. The number of hydrogen-bond donors (Lipinski definition) is 1. The van der Waals surface area contributed by atoms with Crippen molar-refractivity contribution in [2.24, 2.45) is 5.41 Å². The number of methoxy groups -OCH3 is 1. The van der Waals surface area contributed by atoms with Gasteiger partial charge in [-0.15, -0.1) is 0 Å². The Hall–Kier alpha value is -0.380. The second kappa shape index (κ2) is 5.55. The molecular formula is C16H22BrNO. The van der Waals surface area contributed by atoms with Crippen LogP contribution in [0.3, 0.4) is 0 Å². The third-order valence-electron chi connectivity index (χ3n) is 4.73. The van der Waals surface area contributed by atoms with Crippen molar-refractivity contribution in [1.82, 2.24) is 5.32 Å². The average molecular weight is 324 g/mol. The van der Waals surface area contributed by atoms with Crippen LogP contribution in [0.5, 0.6) is 0 Å². The summed E-state index contributed by atoms with van der Waals surface area (Å²) in [6, 6.07) is 7.13. The summed E-state index contributed by atoms with van der Waals surface area (Å²) in [6.45, 7) is 2.04. The molecule has 0 saturated heterocycles. The fraction of sp³-hybridized carbons (Fsp3) is 0.625. The number of ether oxygens (including phenoxy) is 1. The first-order valence-corrected chi connectivity index (χ1v) is 8.03. The molecule has 1 N–H and O–H groups in total. The Morgan fingerprint density at radius 1 is 1.42 bits per heavy atom. The van der Waals surface area contributed by atoms with Gasteiger partial charge in [-0.25, -0.2) is 0 Å². The van der Waals surface area contributed by atoms with Gasteiger partial charge in [-0.3, -0.25) is 0 Å². The van der Waals surface area contributed by atoms with E-state index < -0.39 is 0 Å². The van der Waals surface area contributed by atoms with E-state index in [1.807, 2.05) is 0 Å². The molecule has 0 amide bonds. The maximum absolute atomic E-state index is 5.23. The van der Waals surface area contributed by atoms with Gasteiger partial charge < -0.3 is 10.1 Å². The highest BCUT2D eigenvalue weighted by Crippen LogP contribution is 2.49. The number of nitrogens with one attached hydrogen (secondary N) is 1. The van der Waals surface area contributed by atoms with E-state index in [1.165, 1.54) is 47.7 Å². The molecule has 0 aliphatic heterocycles. The molecule has 0 spiro atoms. The van der Waals surface area contributed by atoms with Crippen molar-refractivity contribution >= 4 is 15.9 Å². The molecule has 19 heavy (non-hydrogen) atoms. The van der Waals surface area contributed by atoms with Crippen LogP contribution in [0, 0.1) is 5.41 Å². The number of hydrogen-bond acceptors (Lipinski definition) is 2. The zero-order valence-electron chi connectivity index (χ0n) is 11.5. The standard InChI is InChI=1S/C16H22BrNO/c1-19-10-9-16(7-8-16)11-18-15-6-5-12-13(15)3-2-4-14(12)17/h2-4,15,18H,5-11H2,1H3. The first-order chi connectivity index (χ1) is 9.24. The van der Waals surface area contributed by atoms with Crippen molar-refractivity contribution in [2.45, 2.75) is 38.1 Å². The topological polar surface area (TPSA) is 21.3 Å². The van der Waals surface area contributed by atoms with Crippen LogP contribution < -0.4 is 5.32 Å². The van der Waals surface area contributed by atoms with Crippen molar-refractivity contribution in [1.29, 1.82) is 0 Å². The SMILES string of the molecule is COCCC1(CNC2CCc3c(Br)cccc32)CC1. The Labute approximate surface area is 124 Å². The normalized spacial score (nSPS) is 23.4. The van der Waals surface area contributed by atoms with Crippen molar-refractivity contribution in [3.05, 3.63) is 33.8 Å². The minimum Gasteiger partial charge on any atom is -0.385 e. The Morgan fingerprint density at radius 3 is 3.00 bits per heavy atom. The van der Waals surface area contributed by atoms with Gasteiger partial charge in [0, 0.05) is 30.8 Å². The van der Waals surface area contributed by atoms with Crippen LogP contribution >= 0.6 is 15.9 Å². The zero-order chi connectivity index (χ0) is 13.3. The molecule has 2 aliphatic rings. The summed E-state index contributed by atoms with van der Waals surface area (Å²) in [5, 5.41) is 3.80. The lowest BCUT2D eigenvalue weighted by Crippen LogP contribution is -2.28. The third-order valence-corrected chi connectivity index (χ3v) is 5.47. The molecule has 0 heterocycles. The zero-order valence-corrected chi connectivity index (χ0v) is 13.1. The summed E-state index contributed by atoms with van der Waals surface area (Å²) >= 11 is 3.67. The van der Waals surface area contributed by atoms with Gasteiger partial charge in [-0.05, 0) is 54.7 Å². The fourth-order valence-electron chi connectivity index (χ4n) is 3.17. The lowest BCUT2D eigenvalue weighted by Gasteiger charge is -2.20. The van der Waals surface area contributed by atoms with Crippen LogP contribution in [0.2, 0.25) is 0 Å². The van der Waals surface area contributed by atoms with Gasteiger partial charge in [-0.1, -0.05) is 28.1 Å². The number of benzene rings is 1. The minimum absolute atomic E-state index is 0.533. The average Bonchev–Trinajstić information content (AvgIpc) is 3.07. The maximum atomic E-state index is 5.23. The van der Waals surface area contributed by atoms with E-state index in [0.717, 1.165) is 13.2 Å². The quantitative estimate of drug-likeness (QED) is 0.858. The van der Waals surface area contributed by atoms with Crippen LogP contribution in [0.1, 0.15) is 42.9 Å². The molecule has 0 radical (unpaired) electrons. The van der Waals surface area contributed by atoms with E-state index in [2.05, 4.69) is 39.4 Å². The van der Waals surface area contributed by atoms with Gasteiger partial charge >= 0.3 is 0 Å². The van der Waals surface area contributed by atoms with Crippen molar-refractivity contribution in [3.63, 3.8) is 0 Å². The molecule has 2 nitrogen and oxygen atoms in total. The van der Waals surface area contributed by atoms with E-state index in [0.29, 0.717) is 11.5 Å². The molecule has 2 aliphatic carbocycles. The fourth-order valence-corrected chi connectivity index (χ4v) is 3.75. The molecule has 1 saturated carbocycles. The van der Waals surface area contributed by atoms with Crippen LogP contribution in [-0.4, -0.2) is 20.3 Å². The first kappa shape index (κ1) is 13.6. The third kappa shape index (κ3) is 2.88. The Kier molecular flexibility index (Phi) is 3.97. The number of fused-ring (bicyclic) bond motifs is 1. The molecule has 3 rings (SSSR count). The van der Waals surface area contributed by atoms with E-state index in [1.54, 1.807) is 7.11 Å². The van der Waals surface area contributed by atoms with E-state index in [9.17, 15) is 0 Å². The molecule has 104 valence electrons. The molecule has 1 fully saturated rings. The van der Waals surface area contributed by atoms with Gasteiger partial charge in [0.15, 0.2) is 0 Å². The molecular weight excluding hydrogens is 302 g/mol. The predicted molar refractivity (Wildman–Crippen MR) is 81.4 cm³/mol. The van der Waals surface area contributed by atoms with Crippen molar-refractivity contribution in [2.75, 3.05) is 20.3 Å².